The van der Waals surface area contributed by atoms with E-state index in [0.717, 1.165) is 26.9 Å². The molecule has 6 nitrogen and oxygen atoms in total. The van der Waals surface area contributed by atoms with E-state index in [1.54, 1.807) is 30.6 Å². The van der Waals surface area contributed by atoms with E-state index in [1.165, 1.54) is 0 Å². The Morgan fingerprint density at radius 1 is 0.756 bits per heavy atom. The Labute approximate surface area is 241 Å². The summed E-state index contributed by atoms with van der Waals surface area (Å²) >= 11 is 6.06. The van der Waals surface area contributed by atoms with Gasteiger partial charge in [-0.15, -0.1) is 0 Å². The summed E-state index contributed by atoms with van der Waals surface area (Å²) in [6.45, 7) is 0.475. The Morgan fingerprint density at radius 2 is 1.49 bits per heavy atom. The van der Waals surface area contributed by atoms with Crippen LogP contribution in [-0.4, -0.2) is 27.1 Å². The van der Waals surface area contributed by atoms with Crippen LogP contribution in [0.3, 0.4) is 0 Å². The fraction of sp³-hybridized carbons (Fsp3) is 0.0588. The minimum absolute atomic E-state index is 0.0542. The molecule has 0 atom stereocenters. The lowest BCUT2D eigenvalue weighted by atomic mass is 10.1. The molecule has 4 aromatic carbocycles. The Morgan fingerprint density at radius 3 is 2.29 bits per heavy atom. The Balaban J connectivity index is 1.42. The number of rotatable bonds is 7. The summed E-state index contributed by atoms with van der Waals surface area (Å²) in [5, 5.41) is 2.02. The second-order valence-electron chi connectivity index (χ2n) is 9.69. The van der Waals surface area contributed by atoms with Gasteiger partial charge in [0.1, 0.15) is 0 Å². The van der Waals surface area contributed by atoms with Crippen LogP contribution in [0.2, 0.25) is 5.02 Å². The first-order valence-corrected chi connectivity index (χ1v) is 13.5. The third kappa shape index (κ3) is 5.25. The third-order valence-corrected chi connectivity index (χ3v) is 7.25. The quantitative estimate of drug-likeness (QED) is 0.158. The number of hydrogen-bond donors (Lipinski definition) is 0. The van der Waals surface area contributed by atoms with E-state index in [4.69, 9.17) is 11.6 Å². The number of nitrogens with zero attached hydrogens (tertiary/aromatic N) is 3. The van der Waals surface area contributed by atoms with Crippen molar-refractivity contribution in [1.82, 2.24) is 9.55 Å². The van der Waals surface area contributed by atoms with Gasteiger partial charge in [-0.2, -0.15) is 0 Å². The van der Waals surface area contributed by atoms with Crippen molar-refractivity contribution in [3.8, 4) is 0 Å². The number of amides is 2. The van der Waals surface area contributed by atoms with E-state index < -0.39 is 17.6 Å². The van der Waals surface area contributed by atoms with Crippen LogP contribution < -0.4 is 4.90 Å². The second-order valence-corrected chi connectivity index (χ2v) is 10.1. The van der Waals surface area contributed by atoms with E-state index in [0.29, 0.717) is 22.5 Å². The van der Waals surface area contributed by atoms with Crippen molar-refractivity contribution in [3.63, 3.8) is 0 Å². The van der Waals surface area contributed by atoms with E-state index in [-0.39, 0.29) is 17.7 Å². The van der Waals surface area contributed by atoms with Crippen molar-refractivity contribution in [2.45, 2.75) is 13.0 Å². The summed E-state index contributed by atoms with van der Waals surface area (Å²) in [5.74, 6) is -2.22. The molecule has 6 aromatic rings. The van der Waals surface area contributed by atoms with Crippen LogP contribution in [0.15, 0.2) is 122 Å². The summed E-state index contributed by atoms with van der Waals surface area (Å²) in [5.41, 5.74) is 3.48. The minimum Gasteiger partial charge on any atom is -0.342 e. The molecule has 200 valence electrons. The van der Waals surface area contributed by atoms with Crippen molar-refractivity contribution in [3.05, 3.63) is 143 Å². The van der Waals surface area contributed by atoms with Crippen LogP contribution in [0, 0.1) is 0 Å². The highest BCUT2D eigenvalue weighted by atomic mass is 35.5. The average Bonchev–Trinajstić information content (AvgIpc) is 3.37. The molecule has 0 aliphatic heterocycles. The number of para-hydroxylation sites is 2. The van der Waals surface area contributed by atoms with Crippen LogP contribution in [-0.2, 0) is 22.6 Å². The van der Waals surface area contributed by atoms with E-state index in [2.05, 4.69) is 4.98 Å². The molecule has 0 unspecified atom stereocenters. The first kappa shape index (κ1) is 26.2. The maximum Gasteiger partial charge on any atom is 0.306 e. The molecular weight excluding hydrogens is 534 g/mol. The lowest BCUT2D eigenvalue weighted by molar-refractivity contribution is -0.124. The van der Waals surface area contributed by atoms with Crippen LogP contribution in [0.25, 0.3) is 21.8 Å². The number of pyridine rings is 1. The largest absolute Gasteiger partial charge is 0.342 e. The van der Waals surface area contributed by atoms with Crippen molar-refractivity contribution in [2.75, 3.05) is 4.90 Å². The van der Waals surface area contributed by atoms with Gasteiger partial charge in [-0.25, -0.2) is 4.90 Å². The zero-order valence-corrected chi connectivity index (χ0v) is 22.7. The van der Waals surface area contributed by atoms with Crippen molar-refractivity contribution in [1.29, 1.82) is 0 Å². The number of carbonyl (C=O) groups is 3. The number of ketones is 1. The smallest absolute Gasteiger partial charge is 0.306 e. The number of Topliss-reactive ketones (excluding diaryl/α,β-unsaturated/α-hetero) is 1. The zero-order valence-electron chi connectivity index (χ0n) is 21.9. The zero-order chi connectivity index (χ0) is 28.3. The second kappa shape index (κ2) is 11.2. The molecule has 41 heavy (non-hydrogen) atoms. The molecule has 0 saturated carbocycles. The van der Waals surface area contributed by atoms with Crippen molar-refractivity contribution < 1.29 is 14.4 Å². The summed E-state index contributed by atoms with van der Waals surface area (Å²) in [4.78, 5) is 47.3. The number of hydrogen-bond acceptors (Lipinski definition) is 4. The normalized spacial score (nSPS) is 11.0. The molecular formula is C34H24ClN3O3. The predicted octanol–water partition coefficient (Wildman–Crippen LogP) is 6.88. The molecule has 0 N–H and O–H groups in total. The third-order valence-electron chi connectivity index (χ3n) is 7.00. The Bertz CT molecular complexity index is 1910. The summed E-state index contributed by atoms with van der Waals surface area (Å²) in [7, 11) is 0. The van der Waals surface area contributed by atoms with Crippen LogP contribution in [0.1, 0.15) is 21.5 Å². The van der Waals surface area contributed by atoms with Gasteiger partial charge in [-0.3, -0.25) is 19.4 Å². The Hall–Kier alpha value is -5.07. The molecule has 6 rings (SSSR count). The number of fused-ring (bicyclic) bond motifs is 2. The van der Waals surface area contributed by atoms with Crippen LogP contribution in [0.5, 0.6) is 0 Å². The number of benzene rings is 4. The molecule has 0 aliphatic carbocycles. The monoisotopic (exact) mass is 557 g/mol. The predicted molar refractivity (Wildman–Crippen MR) is 161 cm³/mol. The van der Waals surface area contributed by atoms with Gasteiger partial charge in [0, 0.05) is 40.3 Å². The molecule has 0 radical (unpaired) electrons. The Kier molecular flexibility index (Phi) is 7.15. The molecule has 2 heterocycles. The molecule has 0 aliphatic rings. The summed E-state index contributed by atoms with van der Waals surface area (Å²) < 4.78 is 1.93. The van der Waals surface area contributed by atoms with E-state index >= 15 is 0 Å². The highest BCUT2D eigenvalue weighted by Crippen LogP contribution is 2.29. The first-order valence-electron chi connectivity index (χ1n) is 13.1. The van der Waals surface area contributed by atoms with E-state index in [1.807, 2.05) is 95.6 Å². The molecule has 0 saturated heterocycles. The molecule has 0 bridgehead atoms. The molecule has 0 fully saturated rings. The molecule has 7 heteroatoms. The van der Waals surface area contributed by atoms with Crippen molar-refractivity contribution in [2.24, 2.45) is 0 Å². The highest BCUT2D eigenvalue weighted by molar-refractivity contribution is 6.52. The van der Waals surface area contributed by atoms with Gasteiger partial charge in [0.25, 0.3) is 5.78 Å². The molecule has 0 spiro atoms. The molecule has 2 amide bonds. The standard InChI is InChI=1S/C34H24ClN3O3/c35-26-17-15-24(16-18-26)21-37-22-28(27-12-4-5-13-29(27)37)33(40)34(41)38(31(39)20-23-8-2-1-3-9-23)30-14-6-10-25-11-7-19-36-32(25)30/h1-19,22H,20-21H2. The number of imide groups is 1. The number of halogens is 1. The first-order chi connectivity index (χ1) is 20.0. The average molecular weight is 558 g/mol. The maximum absolute atomic E-state index is 14.1. The van der Waals surface area contributed by atoms with Gasteiger partial charge in [0.05, 0.1) is 23.2 Å². The van der Waals surface area contributed by atoms with Crippen molar-refractivity contribution >= 4 is 56.7 Å². The number of anilines is 1. The van der Waals surface area contributed by atoms with Gasteiger partial charge in [0.15, 0.2) is 0 Å². The maximum atomic E-state index is 14.1. The lowest BCUT2D eigenvalue weighted by Gasteiger charge is -2.21. The molecule has 2 aromatic heterocycles. The van der Waals surface area contributed by atoms with Crippen LogP contribution >= 0.6 is 11.6 Å². The number of aromatic nitrogens is 2. The number of carbonyl (C=O) groups excluding carboxylic acids is 3. The van der Waals surface area contributed by atoms with Gasteiger partial charge >= 0.3 is 5.91 Å². The minimum atomic E-state index is -0.932. The fourth-order valence-electron chi connectivity index (χ4n) is 5.04. The van der Waals surface area contributed by atoms with Gasteiger partial charge in [-0.1, -0.05) is 90.5 Å². The van der Waals surface area contributed by atoms with Gasteiger partial charge in [0.2, 0.25) is 5.91 Å². The SMILES string of the molecule is O=C(C(=O)N(C(=O)Cc1ccccc1)c1cccc2cccnc12)c1cn(Cc2ccc(Cl)cc2)c2ccccc12. The van der Waals surface area contributed by atoms with Gasteiger partial charge < -0.3 is 4.57 Å². The summed E-state index contributed by atoms with van der Waals surface area (Å²) in [6, 6.07) is 32.9. The summed E-state index contributed by atoms with van der Waals surface area (Å²) in [6.07, 6.45) is 3.23. The highest BCUT2D eigenvalue weighted by Gasteiger charge is 2.33. The topological polar surface area (TPSA) is 72.3 Å². The lowest BCUT2D eigenvalue weighted by Crippen LogP contribution is -2.42. The fourth-order valence-corrected chi connectivity index (χ4v) is 5.16. The van der Waals surface area contributed by atoms with Gasteiger partial charge in [-0.05, 0) is 41.5 Å². The van der Waals surface area contributed by atoms with E-state index in [9.17, 15) is 14.4 Å². The van der Waals surface area contributed by atoms with Crippen LogP contribution in [0.4, 0.5) is 5.69 Å².